The minimum absolute atomic E-state index is 0.00236. The van der Waals surface area contributed by atoms with Gasteiger partial charge in [0.2, 0.25) is 5.91 Å². The van der Waals surface area contributed by atoms with Gasteiger partial charge in [-0.1, -0.05) is 49.4 Å². The summed E-state index contributed by atoms with van der Waals surface area (Å²) < 4.78 is 0. The first-order valence-electron chi connectivity index (χ1n) is 9.80. The predicted molar refractivity (Wildman–Crippen MR) is 109 cm³/mol. The molecule has 1 atom stereocenters. The minimum atomic E-state index is -0.454. The molecule has 28 heavy (non-hydrogen) atoms. The third-order valence-corrected chi connectivity index (χ3v) is 5.20. The lowest BCUT2D eigenvalue weighted by Crippen LogP contribution is -2.33. The van der Waals surface area contributed by atoms with E-state index in [1.54, 1.807) is 18.2 Å². The summed E-state index contributed by atoms with van der Waals surface area (Å²) in [4.78, 5) is 25.3. The summed E-state index contributed by atoms with van der Waals surface area (Å²) in [6.45, 7) is 6.01. The molecule has 2 aromatic rings. The molecular weight excluding hydrogens is 354 g/mol. The van der Waals surface area contributed by atoms with Crippen LogP contribution in [0, 0.1) is 16.0 Å². The zero-order valence-corrected chi connectivity index (χ0v) is 16.3. The molecule has 1 amide bonds. The Morgan fingerprint density at radius 2 is 1.89 bits per heavy atom. The number of nitrogens with zero attached hydrogens (tertiary/aromatic N) is 2. The highest BCUT2D eigenvalue weighted by Gasteiger charge is 2.17. The average Bonchev–Trinajstić information content (AvgIpc) is 2.68. The van der Waals surface area contributed by atoms with Gasteiger partial charge in [-0.2, -0.15) is 0 Å². The Kier molecular flexibility index (Phi) is 6.76. The van der Waals surface area contributed by atoms with Crippen LogP contribution in [0.3, 0.4) is 0 Å². The maximum absolute atomic E-state index is 12.2. The quantitative estimate of drug-likeness (QED) is 0.586. The summed E-state index contributed by atoms with van der Waals surface area (Å²) in [6.07, 6.45) is 2.59. The van der Waals surface area contributed by atoms with Crippen molar-refractivity contribution in [1.29, 1.82) is 0 Å². The predicted octanol–water partition coefficient (Wildman–Crippen LogP) is 3.69. The number of nitro benzene ring substituents is 1. The fourth-order valence-electron chi connectivity index (χ4n) is 3.73. The zero-order chi connectivity index (χ0) is 19.9. The molecule has 0 bridgehead atoms. The monoisotopic (exact) mass is 381 g/mol. The number of amides is 1. The second-order valence-corrected chi connectivity index (χ2v) is 7.64. The zero-order valence-electron chi connectivity index (χ0n) is 16.3. The summed E-state index contributed by atoms with van der Waals surface area (Å²) in [5.41, 5.74) is 2.71. The summed E-state index contributed by atoms with van der Waals surface area (Å²) in [6, 6.07) is 14.6. The molecule has 0 aliphatic carbocycles. The van der Waals surface area contributed by atoms with Gasteiger partial charge in [-0.25, -0.2) is 0 Å². The molecule has 1 saturated heterocycles. The molecular formula is C22H27N3O3. The second-order valence-electron chi connectivity index (χ2n) is 7.64. The van der Waals surface area contributed by atoms with E-state index in [0.717, 1.165) is 31.1 Å². The van der Waals surface area contributed by atoms with Crippen molar-refractivity contribution in [3.63, 3.8) is 0 Å². The number of para-hydroxylation sites is 1. The molecule has 6 nitrogen and oxygen atoms in total. The van der Waals surface area contributed by atoms with Crippen molar-refractivity contribution in [2.75, 3.05) is 13.1 Å². The van der Waals surface area contributed by atoms with Crippen molar-refractivity contribution >= 4 is 11.6 Å². The topological polar surface area (TPSA) is 75.5 Å². The normalized spacial score (nSPS) is 17.2. The molecule has 6 heteroatoms. The number of benzene rings is 2. The molecule has 0 unspecified atom stereocenters. The number of hydrogen-bond donors (Lipinski definition) is 1. The van der Waals surface area contributed by atoms with Crippen LogP contribution >= 0.6 is 0 Å². The van der Waals surface area contributed by atoms with Gasteiger partial charge in [0.25, 0.3) is 5.69 Å². The van der Waals surface area contributed by atoms with Crippen molar-refractivity contribution in [2.24, 2.45) is 5.92 Å². The first-order chi connectivity index (χ1) is 13.5. The first kappa shape index (κ1) is 20.0. The Balaban J connectivity index is 1.49. The van der Waals surface area contributed by atoms with Gasteiger partial charge in [0.05, 0.1) is 11.3 Å². The minimum Gasteiger partial charge on any atom is -0.352 e. The van der Waals surface area contributed by atoms with E-state index in [1.165, 1.54) is 24.5 Å². The van der Waals surface area contributed by atoms with Crippen molar-refractivity contribution in [3.05, 3.63) is 75.3 Å². The number of carbonyl (C=O) groups excluding carboxylic acids is 1. The Labute approximate surface area is 165 Å². The SMILES string of the molecule is C[C@@H]1CCCN(Cc2ccc(CNC(=O)Cc3ccccc3[N+](=O)[O-])cc2)C1. The lowest BCUT2D eigenvalue weighted by atomic mass is 9.99. The van der Waals surface area contributed by atoms with Crippen LogP contribution in [0.25, 0.3) is 0 Å². The van der Waals surface area contributed by atoms with Crippen LogP contribution < -0.4 is 5.32 Å². The van der Waals surface area contributed by atoms with Crippen LogP contribution in [-0.2, 0) is 24.3 Å². The Morgan fingerprint density at radius 3 is 2.61 bits per heavy atom. The molecule has 1 N–H and O–H groups in total. The third kappa shape index (κ3) is 5.63. The van der Waals surface area contributed by atoms with Crippen LogP contribution in [0.1, 0.15) is 36.5 Å². The Hall–Kier alpha value is -2.73. The fraction of sp³-hybridized carbons (Fsp3) is 0.409. The number of hydrogen-bond acceptors (Lipinski definition) is 4. The number of rotatable bonds is 7. The van der Waals surface area contributed by atoms with Gasteiger partial charge in [-0.3, -0.25) is 19.8 Å². The van der Waals surface area contributed by atoms with Crippen molar-refractivity contribution in [2.45, 2.75) is 39.3 Å². The van der Waals surface area contributed by atoms with E-state index >= 15 is 0 Å². The fourth-order valence-corrected chi connectivity index (χ4v) is 3.73. The molecule has 148 valence electrons. The number of piperidine rings is 1. The number of carbonyl (C=O) groups is 1. The standard InChI is InChI=1S/C22H27N3O3/c1-17-5-4-12-24(15-17)16-19-10-8-18(9-11-19)14-23-22(26)13-20-6-2-3-7-21(20)25(27)28/h2-3,6-11,17H,4-5,12-16H2,1H3,(H,23,26)/t17-/m1/s1. The molecule has 0 radical (unpaired) electrons. The lowest BCUT2D eigenvalue weighted by Gasteiger charge is -2.30. The van der Waals surface area contributed by atoms with Gasteiger partial charge in [0.1, 0.15) is 0 Å². The van der Waals surface area contributed by atoms with Gasteiger partial charge >= 0.3 is 0 Å². The van der Waals surface area contributed by atoms with Crippen molar-refractivity contribution in [3.8, 4) is 0 Å². The Bertz CT molecular complexity index is 820. The van der Waals surface area contributed by atoms with E-state index in [-0.39, 0.29) is 18.0 Å². The smallest absolute Gasteiger partial charge is 0.273 e. The molecule has 1 aliphatic rings. The van der Waals surface area contributed by atoms with Gasteiger partial charge in [0, 0.05) is 31.3 Å². The van der Waals surface area contributed by atoms with E-state index in [9.17, 15) is 14.9 Å². The van der Waals surface area contributed by atoms with Crippen LogP contribution in [0.2, 0.25) is 0 Å². The van der Waals surface area contributed by atoms with E-state index in [2.05, 4.69) is 29.3 Å². The van der Waals surface area contributed by atoms with E-state index < -0.39 is 4.92 Å². The highest BCUT2D eigenvalue weighted by Crippen LogP contribution is 2.19. The summed E-state index contributed by atoms with van der Waals surface area (Å²) in [7, 11) is 0. The van der Waals surface area contributed by atoms with Gasteiger partial charge in [-0.15, -0.1) is 0 Å². The van der Waals surface area contributed by atoms with E-state index in [4.69, 9.17) is 0 Å². The maximum atomic E-state index is 12.2. The molecule has 1 heterocycles. The highest BCUT2D eigenvalue weighted by molar-refractivity contribution is 5.79. The van der Waals surface area contributed by atoms with Crippen LogP contribution in [-0.4, -0.2) is 28.8 Å². The van der Waals surface area contributed by atoms with Gasteiger partial charge in [0.15, 0.2) is 0 Å². The molecule has 0 spiro atoms. The van der Waals surface area contributed by atoms with E-state index in [0.29, 0.717) is 12.1 Å². The number of likely N-dealkylation sites (tertiary alicyclic amines) is 1. The first-order valence-corrected chi connectivity index (χ1v) is 9.80. The highest BCUT2D eigenvalue weighted by atomic mass is 16.6. The van der Waals surface area contributed by atoms with Crippen LogP contribution in [0.4, 0.5) is 5.69 Å². The molecule has 1 aliphatic heterocycles. The van der Waals surface area contributed by atoms with Crippen LogP contribution in [0.5, 0.6) is 0 Å². The third-order valence-electron chi connectivity index (χ3n) is 5.20. The summed E-state index contributed by atoms with van der Waals surface area (Å²) in [5.74, 6) is 0.546. The second kappa shape index (κ2) is 9.46. The number of nitro groups is 1. The van der Waals surface area contributed by atoms with Crippen molar-refractivity contribution in [1.82, 2.24) is 10.2 Å². The molecule has 3 rings (SSSR count). The average molecular weight is 381 g/mol. The summed E-state index contributed by atoms with van der Waals surface area (Å²) >= 11 is 0. The maximum Gasteiger partial charge on any atom is 0.273 e. The summed E-state index contributed by atoms with van der Waals surface area (Å²) in [5, 5.41) is 13.9. The lowest BCUT2D eigenvalue weighted by molar-refractivity contribution is -0.385. The van der Waals surface area contributed by atoms with Crippen LogP contribution in [0.15, 0.2) is 48.5 Å². The molecule has 0 aromatic heterocycles. The van der Waals surface area contributed by atoms with Crippen molar-refractivity contribution < 1.29 is 9.72 Å². The molecule has 2 aromatic carbocycles. The van der Waals surface area contributed by atoms with E-state index in [1.807, 2.05) is 12.1 Å². The molecule has 0 saturated carbocycles. The molecule has 1 fully saturated rings. The van der Waals surface area contributed by atoms with Gasteiger partial charge in [-0.05, 0) is 36.4 Å². The Morgan fingerprint density at radius 1 is 1.18 bits per heavy atom. The number of nitrogens with one attached hydrogen (secondary N) is 1. The van der Waals surface area contributed by atoms with Gasteiger partial charge < -0.3 is 5.32 Å². The largest absolute Gasteiger partial charge is 0.352 e.